The molecule has 156 valence electrons. The Balaban J connectivity index is 1.35. The number of aromatic nitrogens is 4. The third-order valence-corrected chi connectivity index (χ3v) is 5.98. The van der Waals surface area contributed by atoms with Gasteiger partial charge in [-0.25, -0.2) is 9.67 Å². The molecule has 0 radical (unpaired) electrons. The number of benzene rings is 2. The molecular weight excluding hydrogens is 482 g/mol. The zero-order chi connectivity index (χ0) is 21.4. The summed E-state index contributed by atoms with van der Waals surface area (Å²) in [6, 6.07) is 13.3. The van der Waals surface area contributed by atoms with E-state index in [4.69, 9.17) is 9.47 Å². The van der Waals surface area contributed by atoms with Crippen LogP contribution in [0.15, 0.2) is 52.3 Å². The molecule has 0 atom stereocenters. The summed E-state index contributed by atoms with van der Waals surface area (Å²) in [5.74, 6) is 1.06. The van der Waals surface area contributed by atoms with Gasteiger partial charge in [-0.2, -0.15) is 0 Å². The standard InChI is InChI=1S/C21H16BrN5O3S/c1-12-19(25-26-27(12)15-4-2-3-14(22)10-15)20(28)24-21-23-16(11-31-21)13-5-6-17-18(9-13)30-8-7-29-17/h2-6,9-11H,7-8H2,1H3,(H,23,24,28). The fourth-order valence-electron chi connectivity index (χ4n) is 3.21. The zero-order valence-corrected chi connectivity index (χ0v) is 18.7. The highest BCUT2D eigenvalue weighted by molar-refractivity contribution is 9.10. The summed E-state index contributed by atoms with van der Waals surface area (Å²) in [7, 11) is 0. The second kappa shape index (κ2) is 8.12. The first-order valence-corrected chi connectivity index (χ1v) is 11.1. The van der Waals surface area contributed by atoms with Crippen molar-refractivity contribution in [2.24, 2.45) is 0 Å². The van der Waals surface area contributed by atoms with Crippen molar-refractivity contribution in [2.45, 2.75) is 6.92 Å². The molecule has 1 amide bonds. The Labute approximate surface area is 190 Å². The summed E-state index contributed by atoms with van der Waals surface area (Å²) in [6.07, 6.45) is 0. The van der Waals surface area contributed by atoms with Gasteiger partial charge in [-0.15, -0.1) is 16.4 Å². The van der Waals surface area contributed by atoms with Crippen LogP contribution in [0.3, 0.4) is 0 Å². The molecule has 0 bridgehead atoms. The number of amides is 1. The highest BCUT2D eigenvalue weighted by Crippen LogP contribution is 2.35. The summed E-state index contributed by atoms with van der Waals surface area (Å²) in [5, 5.41) is 13.4. The summed E-state index contributed by atoms with van der Waals surface area (Å²) in [4.78, 5) is 17.3. The number of hydrogen-bond donors (Lipinski definition) is 1. The van der Waals surface area contributed by atoms with Gasteiger partial charge in [0.15, 0.2) is 22.3 Å². The zero-order valence-electron chi connectivity index (χ0n) is 16.3. The van der Waals surface area contributed by atoms with E-state index in [9.17, 15) is 4.79 Å². The Hall–Kier alpha value is -3.24. The van der Waals surface area contributed by atoms with Crippen LogP contribution in [0.5, 0.6) is 11.5 Å². The third kappa shape index (κ3) is 3.91. The van der Waals surface area contributed by atoms with Gasteiger partial charge in [-0.1, -0.05) is 27.2 Å². The molecule has 0 aliphatic carbocycles. The molecule has 4 aromatic rings. The molecule has 1 aliphatic heterocycles. The maximum Gasteiger partial charge on any atom is 0.279 e. The molecule has 0 fully saturated rings. The van der Waals surface area contributed by atoms with Crippen LogP contribution in [-0.4, -0.2) is 39.1 Å². The summed E-state index contributed by atoms with van der Waals surface area (Å²) in [6.45, 7) is 2.87. The molecule has 31 heavy (non-hydrogen) atoms. The molecule has 0 saturated heterocycles. The molecule has 0 saturated carbocycles. The lowest BCUT2D eigenvalue weighted by Gasteiger charge is -2.18. The maximum absolute atomic E-state index is 12.8. The smallest absolute Gasteiger partial charge is 0.279 e. The van der Waals surface area contributed by atoms with E-state index in [1.807, 2.05) is 47.8 Å². The SMILES string of the molecule is Cc1c(C(=O)Nc2nc(-c3ccc4c(c3)OCCO4)cs2)nnn1-c1cccc(Br)c1. The number of nitrogens with zero attached hydrogens (tertiary/aromatic N) is 4. The average molecular weight is 498 g/mol. The number of nitrogens with one attached hydrogen (secondary N) is 1. The van der Waals surface area contributed by atoms with Crippen molar-refractivity contribution in [1.29, 1.82) is 0 Å². The van der Waals surface area contributed by atoms with Crippen molar-refractivity contribution in [3.63, 3.8) is 0 Å². The number of rotatable bonds is 4. The number of ether oxygens (including phenoxy) is 2. The van der Waals surface area contributed by atoms with Gasteiger partial charge >= 0.3 is 0 Å². The van der Waals surface area contributed by atoms with E-state index in [0.29, 0.717) is 29.8 Å². The Morgan fingerprint density at radius 3 is 2.84 bits per heavy atom. The van der Waals surface area contributed by atoms with Gasteiger partial charge in [0, 0.05) is 15.4 Å². The lowest BCUT2D eigenvalue weighted by atomic mass is 10.1. The highest BCUT2D eigenvalue weighted by Gasteiger charge is 2.19. The van der Waals surface area contributed by atoms with E-state index in [2.05, 4.69) is 36.5 Å². The summed E-state index contributed by atoms with van der Waals surface area (Å²) in [5.41, 5.74) is 3.33. The number of thiazole rings is 1. The minimum Gasteiger partial charge on any atom is -0.486 e. The number of fused-ring (bicyclic) bond motifs is 1. The molecule has 5 rings (SSSR count). The van der Waals surface area contributed by atoms with E-state index in [1.54, 1.807) is 11.6 Å². The van der Waals surface area contributed by atoms with Crippen molar-refractivity contribution < 1.29 is 14.3 Å². The van der Waals surface area contributed by atoms with E-state index in [1.165, 1.54) is 11.3 Å². The molecule has 2 aromatic heterocycles. The molecular formula is C21H16BrN5O3S. The third-order valence-electron chi connectivity index (χ3n) is 4.73. The Bertz CT molecular complexity index is 1290. The predicted molar refractivity (Wildman–Crippen MR) is 120 cm³/mol. The van der Waals surface area contributed by atoms with Crippen LogP contribution in [0.2, 0.25) is 0 Å². The minimum atomic E-state index is -0.359. The fraction of sp³-hybridized carbons (Fsp3) is 0.143. The van der Waals surface area contributed by atoms with Crippen LogP contribution in [0.1, 0.15) is 16.2 Å². The average Bonchev–Trinajstić information content (AvgIpc) is 3.40. The summed E-state index contributed by atoms with van der Waals surface area (Å²) < 4.78 is 13.7. The number of anilines is 1. The number of carbonyl (C=O) groups is 1. The number of carbonyl (C=O) groups excluding carboxylic acids is 1. The van der Waals surface area contributed by atoms with Gasteiger partial charge in [0.05, 0.1) is 17.1 Å². The number of hydrogen-bond acceptors (Lipinski definition) is 7. The van der Waals surface area contributed by atoms with Gasteiger partial charge in [0.2, 0.25) is 0 Å². The normalized spacial score (nSPS) is 12.6. The van der Waals surface area contributed by atoms with Crippen LogP contribution in [-0.2, 0) is 0 Å². The first-order chi connectivity index (χ1) is 15.1. The number of halogens is 1. The van der Waals surface area contributed by atoms with Gasteiger partial charge in [-0.05, 0) is 43.3 Å². The second-order valence-electron chi connectivity index (χ2n) is 6.77. The molecule has 3 heterocycles. The maximum atomic E-state index is 12.8. The molecule has 0 unspecified atom stereocenters. The topological polar surface area (TPSA) is 91.2 Å². The van der Waals surface area contributed by atoms with Crippen molar-refractivity contribution in [3.8, 4) is 28.4 Å². The van der Waals surface area contributed by atoms with Crippen LogP contribution in [0.25, 0.3) is 16.9 Å². The molecule has 8 nitrogen and oxygen atoms in total. The molecule has 10 heteroatoms. The second-order valence-corrected chi connectivity index (χ2v) is 8.54. The van der Waals surface area contributed by atoms with Gasteiger partial charge in [0.25, 0.3) is 5.91 Å². The van der Waals surface area contributed by atoms with E-state index in [0.717, 1.165) is 27.2 Å². The Morgan fingerprint density at radius 1 is 1.16 bits per heavy atom. The largest absolute Gasteiger partial charge is 0.486 e. The van der Waals surface area contributed by atoms with Crippen molar-refractivity contribution in [2.75, 3.05) is 18.5 Å². The van der Waals surface area contributed by atoms with Crippen LogP contribution < -0.4 is 14.8 Å². The lowest BCUT2D eigenvalue weighted by Crippen LogP contribution is -2.15. The van der Waals surface area contributed by atoms with Crippen molar-refractivity contribution >= 4 is 38.3 Å². The van der Waals surface area contributed by atoms with Gasteiger partial charge < -0.3 is 9.47 Å². The van der Waals surface area contributed by atoms with E-state index < -0.39 is 0 Å². The van der Waals surface area contributed by atoms with E-state index >= 15 is 0 Å². The van der Waals surface area contributed by atoms with Gasteiger partial charge in [-0.3, -0.25) is 10.1 Å². The first kappa shape index (κ1) is 19.7. The minimum absolute atomic E-state index is 0.246. The van der Waals surface area contributed by atoms with Crippen molar-refractivity contribution in [3.05, 3.63) is 63.7 Å². The molecule has 1 aliphatic rings. The fourth-order valence-corrected chi connectivity index (χ4v) is 4.32. The van der Waals surface area contributed by atoms with E-state index in [-0.39, 0.29) is 11.6 Å². The monoisotopic (exact) mass is 497 g/mol. The lowest BCUT2D eigenvalue weighted by molar-refractivity contribution is 0.102. The van der Waals surface area contributed by atoms with Crippen LogP contribution >= 0.6 is 27.3 Å². The molecule has 2 aromatic carbocycles. The first-order valence-electron chi connectivity index (χ1n) is 9.43. The Kier molecular flexibility index (Phi) is 5.16. The summed E-state index contributed by atoms with van der Waals surface area (Å²) >= 11 is 4.78. The quantitative estimate of drug-likeness (QED) is 0.446. The molecule has 1 N–H and O–H groups in total. The van der Waals surface area contributed by atoms with Gasteiger partial charge in [0.1, 0.15) is 13.2 Å². The predicted octanol–water partition coefficient (Wildman–Crippen LogP) is 4.49. The van der Waals surface area contributed by atoms with Crippen LogP contribution in [0.4, 0.5) is 5.13 Å². The van der Waals surface area contributed by atoms with Crippen molar-refractivity contribution in [1.82, 2.24) is 20.0 Å². The molecule has 0 spiro atoms. The Morgan fingerprint density at radius 2 is 2.00 bits per heavy atom. The van der Waals surface area contributed by atoms with Crippen LogP contribution in [0, 0.1) is 6.92 Å². The highest BCUT2D eigenvalue weighted by atomic mass is 79.9.